The monoisotopic (exact) mass is 466 g/mol. The van der Waals surface area contributed by atoms with Crippen LogP contribution in [0.2, 0.25) is 5.02 Å². The zero-order valence-electron chi connectivity index (χ0n) is 17.9. The molecule has 2 atom stereocenters. The molecule has 2 aromatic rings. The minimum absolute atomic E-state index is 0.0901. The quantitative estimate of drug-likeness (QED) is 0.516. The number of amides is 1. The highest BCUT2D eigenvalue weighted by atomic mass is 35.5. The van der Waals surface area contributed by atoms with Crippen LogP contribution in [0.3, 0.4) is 0 Å². The molecule has 0 aliphatic carbocycles. The minimum Gasteiger partial charge on any atom is -0.481 e. The lowest BCUT2D eigenvalue weighted by atomic mass is 9.89. The third kappa shape index (κ3) is 7.05. The fraction of sp³-hybridized carbons (Fsp3) is 0.364. The average Bonchev–Trinajstić information content (AvgIpc) is 2.67. The van der Waals surface area contributed by atoms with E-state index in [4.69, 9.17) is 16.3 Å². The highest BCUT2D eigenvalue weighted by Gasteiger charge is 2.36. The Bertz CT molecular complexity index is 962. The summed E-state index contributed by atoms with van der Waals surface area (Å²) >= 11 is 6.53. The lowest BCUT2D eigenvalue weighted by Gasteiger charge is -2.33. The first-order valence-electron chi connectivity index (χ1n) is 9.60. The van der Waals surface area contributed by atoms with Gasteiger partial charge in [-0.15, -0.1) is 0 Å². The topological polar surface area (TPSA) is 105 Å². The average molecular weight is 467 g/mol. The van der Waals surface area contributed by atoms with E-state index in [9.17, 15) is 18.9 Å². The Labute approximate surface area is 189 Å². The van der Waals surface area contributed by atoms with E-state index in [2.05, 4.69) is 10.0 Å². The molecule has 0 heterocycles. The van der Waals surface area contributed by atoms with Gasteiger partial charge in [0, 0.05) is 0 Å². The molecule has 0 aliphatic heterocycles. The fourth-order valence-corrected chi connectivity index (χ4v) is 4.05. The molecule has 9 heteroatoms. The van der Waals surface area contributed by atoms with E-state index in [-0.39, 0.29) is 23.7 Å². The summed E-state index contributed by atoms with van der Waals surface area (Å²) in [7, 11) is -1.56. The molecular weight excluding hydrogens is 440 g/mol. The van der Waals surface area contributed by atoms with Crippen LogP contribution in [-0.4, -0.2) is 26.1 Å². The number of nitrogens with one attached hydrogen (secondary N) is 2. The molecule has 0 saturated carbocycles. The second-order valence-corrected chi connectivity index (χ2v) is 10.6. The highest BCUT2D eigenvalue weighted by molar-refractivity contribution is 7.84. The Balaban J connectivity index is 2.25. The second kappa shape index (κ2) is 10.3. The van der Waals surface area contributed by atoms with Crippen LogP contribution in [0.15, 0.2) is 48.5 Å². The van der Waals surface area contributed by atoms with E-state index in [1.165, 1.54) is 0 Å². The van der Waals surface area contributed by atoms with Gasteiger partial charge in [0.15, 0.2) is 0 Å². The summed E-state index contributed by atoms with van der Waals surface area (Å²) in [6.45, 7) is 7.04. The summed E-state index contributed by atoms with van der Waals surface area (Å²) in [5.41, 5.74) is 0.250. The molecule has 31 heavy (non-hydrogen) atoms. The van der Waals surface area contributed by atoms with Gasteiger partial charge < -0.3 is 9.84 Å². The van der Waals surface area contributed by atoms with Crippen LogP contribution in [0.1, 0.15) is 45.2 Å². The third-order valence-corrected chi connectivity index (χ3v) is 6.58. The van der Waals surface area contributed by atoms with Crippen LogP contribution >= 0.6 is 11.6 Å². The van der Waals surface area contributed by atoms with E-state index in [1.807, 2.05) is 30.3 Å². The van der Waals surface area contributed by atoms with Crippen molar-refractivity contribution in [1.29, 1.82) is 0 Å². The molecule has 0 spiro atoms. The van der Waals surface area contributed by atoms with E-state index < -0.39 is 33.3 Å². The first-order chi connectivity index (χ1) is 14.4. The molecule has 7 nitrogen and oxygen atoms in total. The van der Waals surface area contributed by atoms with Crippen molar-refractivity contribution < 1.29 is 23.6 Å². The maximum Gasteiger partial charge on any atom is 0.412 e. The predicted octanol–water partition coefficient (Wildman–Crippen LogP) is 4.83. The van der Waals surface area contributed by atoms with Crippen molar-refractivity contribution in [3.63, 3.8) is 0 Å². The first-order valence-corrected chi connectivity index (χ1v) is 11.1. The number of carbonyl (C=O) groups is 2. The number of halogens is 1. The van der Waals surface area contributed by atoms with Gasteiger partial charge in [-0.3, -0.25) is 10.1 Å². The van der Waals surface area contributed by atoms with Crippen LogP contribution in [0, 0.1) is 0 Å². The third-order valence-electron chi connectivity index (χ3n) is 4.42. The van der Waals surface area contributed by atoms with Crippen LogP contribution in [-0.2, 0) is 32.7 Å². The van der Waals surface area contributed by atoms with Crippen molar-refractivity contribution in [3.8, 4) is 0 Å². The first kappa shape index (κ1) is 24.8. The van der Waals surface area contributed by atoms with Crippen molar-refractivity contribution in [2.24, 2.45) is 0 Å². The molecule has 2 aromatic carbocycles. The van der Waals surface area contributed by atoms with Gasteiger partial charge in [0.05, 0.1) is 38.4 Å². The van der Waals surface area contributed by atoms with Crippen LogP contribution in [0.4, 0.5) is 10.5 Å². The molecule has 168 valence electrons. The maximum absolute atomic E-state index is 12.7. The molecule has 0 saturated heterocycles. The summed E-state index contributed by atoms with van der Waals surface area (Å²) in [6, 6.07) is 14.1. The molecular formula is C22H27ClN2O5S. The molecule has 0 bridgehead atoms. The van der Waals surface area contributed by atoms with E-state index in [1.54, 1.807) is 45.9 Å². The van der Waals surface area contributed by atoms with Gasteiger partial charge in [0.1, 0.15) is 6.61 Å². The summed E-state index contributed by atoms with van der Waals surface area (Å²) in [6.07, 6.45) is -1.06. The SMILES string of the molecule is CC(C)(C)S(=O)N[C@@](C)(CC(=O)O)c1cccc(NC(=O)OCc2ccccc2)c1Cl. The number of carboxylic acids is 1. The number of aliphatic carboxylic acids is 1. The van der Waals surface area contributed by atoms with E-state index >= 15 is 0 Å². The predicted molar refractivity (Wildman–Crippen MR) is 122 cm³/mol. The maximum atomic E-state index is 12.7. The zero-order valence-corrected chi connectivity index (χ0v) is 19.5. The number of carboxylic acid groups (broad SMARTS) is 1. The minimum atomic E-state index is -1.56. The molecule has 0 aliphatic rings. The van der Waals surface area contributed by atoms with Crippen molar-refractivity contribution >= 4 is 40.3 Å². The number of hydrogen-bond donors (Lipinski definition) is 3. The smallest absolute Gasteiger partial charge is 0.412 e. The second-order valence-electron chi connectivity index (χ2n) is 8.24. The van der Waals surface area contributed by atoms with E-state index in [0.29, 0.717) is 5.56 Å². The molecule has 2 rings (SSSR count). The molecule has 3 N–H and O–H groups in total. The fourth-order valence-electron chi connectivity index (χ4n) is 2.77. The number of benzene rings is 2. The molecule has 0 radical (unpaired) electrons. The summed E-state index contributed by atoms with van der Waals surface area (Å²) in [4.78, 5) is 23.8. The Morgan fingerprint density at radius 3 is 2.29 bits per heavy atom. The summed E-state index contributed by atoms with van der Waals surface area (Å²) < 4.78 is 20.2. The van der Waals surface area contributed by atoms with Gasteiger partial charge in [-0.1, -0.05) is 54.1 Å². The molecule has 1 amide bonds. The lowest BCUT2D eigenvalue weighted by Crippen LogP contribution is -2.47. The van der Waals surface area contributed by atoms with Crippen molar-refractivity contribution in [2.75, 3.05) is 5.32 Å². The van der Waals surface area contributed by atoms with Crippen molar-refractivity contribution in [1.82, 2.24) is 4.72 Å². The standard InChI is InChI=1S/C22H27ClN2O5S/c1-21(2,3)31(29)25-22(4,13-18(26)27)16-11-8-12-17(19(16)23)24-20(28)30-14-15-9-6-5-7-10-15/h5-12,25H,13-14H2,1-4H3,(H,24,28)(H,26,27)/t22-,31?/m0/s1. The van der Waals surface area contributed by atoms with Crippen molar-refractivity contribution in [2.45, 2.75) is 51.0 Å². The van der Waals surface area contributed by atoms with E-state index in [0.717, 1.165) is 5.56 Å². The zero-order chi connectivity index (χ0) is 23.2. The molecule has 0 fully saturated rings. The Kier molecular flexibility index (Phi) is 8.22. The highest BCUT2D eigenvalue weighted by Crippen LogP contribution is 2.36. The summed E-state index contributed by atoms with van der Waals surface area (Å²) in [5.74, 6) is -1.09. The van der Waals surface area contributed by atoms with Crippen molar-refractivity contribution in [3.05, 3.63) is 64.7 Å². The molecule has 1 unspecified atom stereocenters. The van der Waals surface area contributed by atoms with Gasteiger partial charge in [0.2, 0.25) is 0 Å². The number of hydrogen-bond acceptors (Lipinski definition) is 4. The lowest BCUT2D eigenvalue weighted by molar-refractivity contribution is -0.138. The van der Waals surface area contributed by atoms with Gasteiger partial charge in [-0.05, 0) is 44.9 Å². The Morgan fingerprint density at radius 1 is 1.06 bits per heavy atom. The number of carbonyl (C=O) groups excluding carboxylic acids is 1. The number of anilines is 1. The van der Waals surface area contributed by atoms with Gasteiger partial charge in [-0.2, -0.15) is 0 Å². The Hall–Kier alpha value is -2.42. The van der Waals surface area contributed by atoms with Gasteiger partial charge >= 0.3 is 12.1 Å². The molecule has 0 aromatic heterocycles. The van der Waals surface area contributed by atoms with Gasteiger partial charge in [0.25, 0.3) is 0 Å². The number of ether oxygens (including phenoxy) is 1. The summed E-state index contributed by atoms with van der Waals surface area (Å²) in [5, 5.41) is 12.2. The van der Waals surface area contributed by atoms with Crippen LogP contribution in [0.5, 0.6) is 0 Å². The van der Waals surface area contributed by atoms with Gasteiger partial charge in [-0.25, -0.2) is 13.7 Å². The number of rotatable bonds is 8. The normalized spacial score (nSPS) is 14.4. The Morgan fingerprint density at radius 2 is 1.71 bits per heavy atom. The van der Waals surface area contributed by atoms with Crippen LogP contribution in [0.25, 0.3) is 0 Å². The largest absolute Gasteiger partial charge is 0.481 e. The van der Waals surface area contributed by atoms with Crippen LogP contribution < -0.4 is 10.0 Å².